The minimum absolute atomic E-state index is 0.418. The van der Waals surface area contributed by atoms with Crippen molar-refractivity contribution in [3.05, 3.63) is 53.6 Å². The van der Waals surface area contributed by atoms with E-state index in [2.05, 4.69) is 30.9 Å². The Labute approximate surface area is 181 Å². The highest BCUT2D eigenvalue weighted by Gasteiger charge is 2.24. The van der Waals surface area contributed by atoms with Gasteiger partial charge in [-0.2, -0.15) is 10.2 Å². The number of hydrogen-bond donors (Lipinski definition) is 1. The van der Waals surface area contributed by atoms with Crippen molar-refractivity contribution in [1.82, 2.24) is 19.9 Å². The Balaban J connectivity index is 1.66. The topological polar surface area (TPSA) is 114 Å². The maximum atomic E-state index is 9.35. The van der Waals surface area contributed by atoms with E-state index in [1.165, 1.54) is 12.8 Å². The summed E-state index contributed by atoms with van der Waals surface area (Å²) in [6.07, 6.45) is 6.78. The van der Waals surface area contributed by atoms with E-state index in [-0.39, 0.29) is 0 Å². The van der Waals surface area contributed by atoms with Crippen LogP contribution in [0.3, 0.4) is 0 Å². The summed E-state index contributed by atoms with van der Waals surface area (Å²) in [6, 6.07) is 9.17. The average Bonchev–Trinajstić information content (AvgIpc) is 3.58. The molecule has 2 N–H and O–H groups in total. The number of aromatic nitrogens is 4. The number of aryl methyl sites for hydroxylation is 1. The molecule has 0 saturated heterocycles. The molecule has 0 aliphatic heterocycles. The quantitative estimate of drug-likeness (QED) is 0.596. The first-order chi connectivity index (χ1) is 15.1. The highest BCUT2D eigenvalue weighted by molar-refractivity contribution is 5.66. The molecular formula is C23H25N7O. The van der Waals surface area contributed by atoms with Crippen LogP contribution in [0.25, 0.3) is 11.4 Å². The standard InChI is InChI=1S/C23H25N7O/c1-15-28-21(30(2)14-16-3-4-16)10-22(29-15)31-20-9-17(11-25)5-6-19(20)23-26-12-18(7-8-24)13-27-23/h5-6,9-10,12-13,16H,3-4,7-8,14,24H2,1-2H3. The van der Waals surface area contributed by atoms with E-state index >= 15 is 0 Å². The molecule has 8 heteroatoms. The lowest BCUT2D eigenvalue weighted by Gasteiger charge is -2.19. The fraction of sp³-hybridized carbons (Fsp3) is 0.348. The fourth-order valence-corrected chi connectivity index (χ4v) is 3.32. The van der Waals surface area contributed by atoms with Crippen molar-refractivity contribution in [3.8, 4) is 29.1 Å². The largest absolute Gasteiger partial charge is 0.438 e. The third kappa shape index (κ3) is 5.13. The van der Waals surface area contributed by atoms with Gasteiger partial charge >= 0.3 is 0 Å². The first-order valence-corrected chi connectivity index (χ1v) is 10.4. The van der Waals surface area contributed by atoms with Crippen LogP contribution in [0.5, 0.6) is 11.6 Å². The van der Waals surface area contributed by atoms with E-state index in [9.17, 15) is 5.26 Å². The highest BCUT2D eigenvalue weighted by atomic mass is 16.5. The summed E-state index contributed by atoms with van der Waals surface area (Å²) in [4.78, 5) is 20.0. The first-order valence-electron chi connectivity index (χ1n) is 10.4. The number of anilines is 1. The smallest absolute Gasteiger partial charge is 0.224 e. The van der Waals surface area contributed by atoms with Gasteiger partial charge in [0.1, 0.15) is 17.4 Å². The Hall–Kier alpha value is -3.57. The monoisotopic (exact) mass is 415 g/mol. The number of nitrogens with two attached hydrogens (primary N) is 1. The maximum absolute atomic E-state index is 9.35. The lowest BCUT2D eigenvalue weighted by atomic mass is 10.1. The zero-order valence-corrected chi connectivity index (χ0v) is 17.7. The minimum Gasteiger partial charge on any atom is -0.438 e. The summed E-state index contributed by atoms with van der Waals surface area (Å²) >= 11 is 0. The second-order valence-corrected chi connectivity index (χ2v) is 7.81. The molecule has 2 aromatic heterocycles. The molecule has 31 heavy (non-hydrogen) atoms. The van der Waals surface area contributed by atoms with Crippen LogP contribution in [-0.4, -0.2) is 40.1 Å². The Kier molecular flexibility index (Phi) is 6.05. The Morgan fingerprint density at radius 1 is 1.19 bits per heavy atom. The van der Waals surface area contributed by atoms with Gasteiger partial charge in [0.05, 0.1) is 17.2 Å². The number of nitrogens with zero attached hydrogens (tertiary/aromatic N) is 6. The Morgan fingerprint density at radius 3 is 2.65 bits per heavy atom. The van der Waals surface area contributed by atoms with E-state index in [4.69, 9.17) is 10.5 Å². The Morgan fingerprint density at radius 2 is 1.97 bits per heavy atom. The zero-order valence-electron chi connectivity index (χ0n) is 17.7. The number of rotatable bonds is 8. The average molecular weight is 416 g/mol. The predicted octanol–water partition coefficient (Wildman–Crippen LogP) is 3.25. The molecule has 1 aliphatic carbocycles. The number of benzene rings is 1. The van der Waals surface area contributed by atoms with E-state index in [0.717, 1.165) is 23.8 Å². The van der Waals surface area contributed by atoms with Crippen molar-refractivity contribution in [2.75, 3.05) is 25.0 Å². The molecule has 1 fully saturated rings. The zero-order chi connectivity index (χ0) is 21.8. The van der Waals surface area contributed by atoms with Crippen molar-refractivity contribution in [2.24, 2.45) is 11.7 Å². The third-order valence-electron chi connectivity index (χ3n) is 5.13. The van der Waals surface area contributed by atoms with Crippen molar-refractivity contribution < 1.29 is 4.74 Å². The summed E-state index contributed by atoms with van der Waals surface area (Å²) in [5.74, 6) is 3.58. The van der Waals surface area contributed by atoms with Crippen LogP contribution in [0.2, 0.25) is 0 Å². The van der Waals surface area contributed by atoms with E-state index < -0.39 is 0 Å². The molecule has 0 bridgehead atoms. The molecule has 1 saturated carbocycles. The summed E-state index contributed by atoms with van der Waals surface area (Å²) in [6.45, 7) is 3.35. The Bertz CT molecular complexity index is 1100. The summed E-state index contributed by atoms with van der Waals surface area (Å²) in [7, 11) is 2.03. The van der Waals surface area contributed by atoms with Gasteiger partial charge in [-0.05, 0) is 62.4 Å². The lowest BCUT2D eigenvalue weighted by molar-refractivity contribution is 0.461. The molecule has 158 valence electrons. The highest BCUT2D eigenvalue weighted by Crippen LogP contribution is 2.34. The van der Waals surface area contributed by atoms with Crippen LogP contribution >= 0.6 is 0 Å². The molecule has 2 heterocycles. The van der Waals surface area contributed by atoms with Gasteiger partial charge in [0.2, 0.25) is 5.88 Å². The molecule has 1 aromatic carbocycles. The van der Waals surface area contributed by atoms with Crippen LogP contribution in [0.15, 0.2) is 36.7 Å². The van der Waals surface area contributed by atoms with Gasteiger partial charge in [-0.15, -0.1) is 0 Å². The number of hydrogen-bond acceptors (Lipinski definition) is 8. The molecular weight excluding hydrogens is 390 g/mol. The molecule has 0 atom stereocenters. The van der Waals surface area contributed by atoms with Crippen molar-refractivity contribution in [2.45, 2.75) is 26.2 Å². The van der Waals surface area contributed by atoms with Crippen molar-refractivity contribution in [1.29, 1.82) is 5.26 Å². The van der Waals surface area contributed by atoms with Crippen LogP contribution in [0.1, 0.15) is 29.8 Å². The van der Waals surface area contributed by atoms with Gasteiger partial charge < -0.3 is 15.4 Å². The number of ether oxygens (including phenoxy) is 1. The maximum Gasteiger partial charge on any atom is 0.224 e. The molecule has 3 aromatic rings. The van der Waals surface area contributed by atoms with E-state index in [0.29, 0.717) is 47.4 Å². The summed E-state index contributed by atoms with van der Waals surface area (Å²) in [5, 5.41) is 9.35. The van der Waals surface area contributed by atoms with Gasteiger partial charge in [-0.25, -0.2) is 15.0 Å². The van der Waals surface area contributed by atoms with Crippen LogP contribution in [0, 0.1) is 24.2 Å². The van der Waals surface area contributed by atoms with Crippen LogP contribution in [-0.2, 0) is 6.42 Å². The number of nitriles is 1. The molecule has 0 radical (unpaired) electrons. The SMILES string of the molecule is Cc1nc(Oc2cc(C#N)ccc2-c2ncc(CCN)cn2)cc(N(C)CC2CC2)n1. The second kappa shape index (κ2) is 9.06. The predicted molar refractivity (Wildman–Crippen MR) is 118 cm³/mol. The molecule has 0 amide bonds. The normalized spacial score (nSPS) is 13.0. The molecule has 0 unspecified atom stereocenters. The minimum atomic E-state index is 0.418. The molecule has 1 aliphatic rings. The van der Waals surface area contributed by atoms with Gasteiger partial charge in [0.25, 0.3) is 0 Å². The van der Waals surface area contributed by atoms with E-state index in [1.54, 1.807) is 30.6 Å². The lowest BCUT2D eigenvalue weighted by Crippen LogP contribution is -2.21. The first kappa shape index (κ1) is 20.7. The fourth-order valence-electron chi connectivity index (χ4n) is 3.32. The van der Waals surface area contributed by atoms with Crippen LogP contribution in [0.4, 0.5) is 5.82 Å². The molecule has 4 rings (SSSR count). The molecule has 0 spiro atoms. The van der Waals surface area contributed by atoms with Crippen molar-refractivity contribution in [3.63, 3.8) is 0 Å². The molecule has 8 nitrogen and oxygen atoms in total. The summed E-state index contributed by atoms with van der Waals surface area (Å²) in [5.41, 5.74) is 7.74. The second-order valence-electron chi connectivity index (χ2n) is 7.81. The van der Waals surface area contributed by atoms with Gasteiger partial charge in [-0.1, -0.05) is 0 Å². The van der Waals surface area contributed by atoms with Gasteiger partial charge in [0, 0.05) is 32.1 Å². The van der Waals surface area contributed by atoms with Crippen LogP contribution < -0.4 is 15.4 Å². The third-order valence-corrected chi connectivity index (χ3v) is 5.13. The van der Waals surface area contributed by atoms with E-state index in [1.807, 2.05) is 20.0 Å². The van der Waals surface area contributed by atoms with Gasteiger partial charge in [0.15, 0.2) is 5.82 Å². The summed E-state index contributed by atoms with van der Waals surface area (Å²) < 4.78 is 6.15. The van der Waals surface area contributed by atoms with Gasteiger partial charge in [-0.3, -0.25) is 0 Å². The van der Waals surface area contributed by atoms with Crippen molar-refractivity contribution >= 4 is 5.82 Å².